The van der Waals surface area contributed by atoms with E-state index in [1.165, 1.54) is 44.9 Å². The molecule has 3 atom stereocenters. The molecule has 2 N–H and O–H groups in total. The van der Waals surface area contributed by atoms with Gasteiger partial charge in [0.05, 0.1) is 0 Å². The molecule has 1 heteroatoms. The summed E-state index contributed by atoms with van der Waals surface area (Å²) in [6.07, 6.45) is 9.95. The van der Waals surface area contributed by atoms with E-state index < -0.39 is 0 Å². The van der Waals surface area contributed by atoms with Gasteiger partial charge in [-0.15, -0.1) is 0 Å². The molecule has 0 radical (unpaired) electrons. The molecule has 11 heavy (non-hydrogen) atoms. The van der Waals surface area contributed by atoms with Crippen molar-refractivity contribution in [3.05, 3.63) is 0 Å². The van der Waals surface area contributed by atoms with E-state index >= 15 is 0 Å². The smallest absolute Gasteiger partial charge is 0.00698 e. The Morgan fingerprint density at radius 1 is 0.818 bits per heavy atom. The molecule has 0 unspecified atom stereocenters. The Morgan fingerprint density at radius 2 is 1.55 bits per heavy atom. The fourth-order valence-electron chi connectivity index (χ4n) is 2.99. The van der Waals surface area contributed by atoms with Gasteiger partial charge in [-0.3, -0.25) is 0 Å². The van der Waals surface area contributed by atoms with Gasteiger partial charge in [0.2, 0.25) is 0 Å². The maximum Gasteiger partial charge on any atom is 0.00698 e. The Hall–Kier alpha value is -0.0400. The molecule has 0 heterocycles. The minimum Gasteiger partial charge on any atom is -0.327 e. The van der Waals surface area contributed by atoms with Crippen LogP contribution in [-0.4, -0.2) is 6.04 Å². The molecule has 2 saturated carbocycles. The second-order valence-corrected chi connectivity index (χ2v) is 4.30. The second-order valence-electron chi connectivity index (χ2n) is 4.30. The third-order valence-electron chi connectivity index (χ3n) is 3.63. The average Bonchev–Trinajstić information content (AvgIpc) is 2.06. The number of nitrogens with two attached hydrogens (primary N) is 1. The van der Waals surface area contributed by atoms with Crippen LogP contribution in [0.1, 0.15) is 44.9 Å². The summed E-state index contributed by atoms with van der Waals surface area (Å²) in [6, 6.07) is 0.550. The average molecular weight is 153 g/mol. The molecule has 2 fully saturated rings. The Bertz CT molecular complexity index is 131. The Morgan fingerprint density at radius 3 is 2.36 bits per heavy atom. The van der Waals surface area contributed by atoms with Gasteiger partial charge in [0.15, 0.2) is 0 Å². The van der Waals surface area contributed by atoms with Crippen LogP contribution in [0.15, 0.2) is 0 Å². The van der Waals surface area contributed by atoms with Crippen molar-refractivity contribution in [2.45, 2.75) is 51.0 Å². The first-order valence-corrected chi connectivity index (χ1v) is 5.13. The van der Waals surface area contributed by atoms with Crippen molar-refractivity contribution in [1.29, 1.82) is 0 Å². The lowest BCUT2D eigenvalue weighted by Gasteiger charge is -2.39. The van der Waals surface area contributed by atoms with Gasteiger partial charge in [0.1, 0.15) is 0 Å². The summed E-state index contributed by atoms with van der Waals surface area (Å²) >= 11 is 0. The summed E-state index contributed by atoms with van der Waals surface area (Å²) in [7, 11) is 0. The first-order chi connectivity index (χ1) is 5.38. The van der Waals surface area contributed by atoms with Gasteiger partial charge in [-0.2, -0.15) is 0 Å². The van der Waals surface area contributed by atoms with Gasteiger partial charge in [-0.25, -0.2) is 0 Å². The molecular formula is C10H19N. The van der Waals surface area contributed by atoms with Gasteiger partial charge in [0, 0.05) is 6.04 Å². The van der Waals surface area contributed by atoms with Gasteiger partial charge in [-0.05, 0) is 24.7 Å². The van der Waals surface area contributed by atoms with Crippen molar-refractivity contribution in [1.82, 2.24) is 0 Å². The van der Waals surface area contributed by atoms with Crippen LogP contribution in [0.25, 0.3) is 0 Å². The van der Waals surface area contributed by atoms with Crippen LogP contribution in [0.5, 0.6) is 0 Å². The third-order valence-corrected chi connectivity index (χ3v) is 3.63. The molecule has 64 valence electrons. The highest BCUT2D eigenvalue weighted by atomic mass is 14.7. The van der Waals surface area contributed by atoms with Crippen molar-refractivity contribution in [3.63, 3.8) is 0 Å². The molecular weight excluding hydrogens is 134 g/mol. The van der Waals surface area contributed by atoms with E-state index in [-0.39, 0.29) is 0 Å². The minimum atomic E-state index is 0.550. The van der Waals surface area contributed by atoms with Gasteiger partial charge in [0.25, 0.3) is 0 Å². The van der Waals surface area contributed by atoms with Crippen molar-refractivity contribution in [2.75, 3.05) is 0 Å². The van der Waals surface area contributed by atoms with Crippen molar-refractivity contribution >= 4 is 0 Å². The monoisotopic (exact) mass is 153 g/mol. The zero-order valence-corrected chi connectivity index (χ0v) is 7.26. The molecule has 0 bridgehead atoms. The van der Waals surface area contributed by atoms with Crippen molar-refractivity contribution in [3.8, 4) is 0 Å². The van der Waals surface area contributed by atoms with E-state index in [2.05, 4.69) is 0 Å². The lowest BCUT2D eigenvalue weighted by molar-refractivity contribution is 0.146. The van der Waals surface area contributed by atoms with Crippen LogP contribution in [-0.2, 0) is 0 Å². The fraction of sp³-hybridized carbons (Fsp3) is 1.00. The quantitative estimate of drug-likeness (QED) is 0.568. The third kappa shape index (κ3) is 1.44. The maximum atomic E-state index is 6.09. The minimum absolute atomic E-state index is 0.550. The van der Waals surface area contributed by atoms with E-state index in [9.17, 15) is 0 Å². The number of fused-ring (bicyclic) bond motifs is 1. The number of hydrogen-bond acceptors (Lipinski definition) is 1. The van der Waals surface area contributed by atoms with Crippen LogP contribution in [0.2, 0.25) is 0 Å². The van der Waals surface area contributed by atoms with Crippen LogP contribution in [0, 0.1) is 11.8 Å². The summed E-state index contributed by atoms with van der Waals surface area (Å²) in [5.41, 5.74) is 6.09. The predicted molar refractivity (Wildman–Crippen MR) is 47.3 cm³/mol. The molecule has 0 aliphatic heterocycles. The van der Waals surface area contributed by atoms with Crippen LogP contribution < -0.4 is 5.73 Å². The van der Waals surface area contributed by atoms with Gasteiger partial charge in [-0.1, -0.05) is 32.1 Å². The Labute approximate surface area is 69.4 Å². The number of rotatable bonds is 0. The van der Waals surface area contributed by atoms with Crippen LogP contribution in [0.3, 0.4) is 0 Å². The van der Waals surface area contributed by atoms with E-state index in [4.69, 9.17) is 5.73 Å². The van der Waals surface area contributed by atoms with E-state index in [1.807, 2.05) is 0 Å². The van der Waals surface area contributed by atoms with E-state index in [0.717, 1.165) is 11.8 Å². The highest BCUT2D eigenvalue weighted by Gasteiger charge is 2.32. The van der Waals surface area contributed by atoms with Gasteiger partial charge >= 0.3 is 0 Å². The lowest BCUT2D eigenvalue weighted by atomic mass is 9.69. The fourth-order valence-corrected chi connectivity index (χ4v) is 2.99. The predicted octanol–water partition coefficient (Wildman–Crippen LogP) is 2.30. The first kappa shape index (κ1) is 7.60. The lowest BCUT2D eigenvalue weighted by Crippen LogP contribution is -2.40. The largest absolute Gasteiger partial charge is 0.327 e. The molecule has 0 aromatic carbocycles. The highest BCUT2D eigenvalue weighted by molar-refractivity contribution is 4.86. The summed E-state index contributed by atoms with van der Waals surface area (Å²) in [4.78, 5) is 0. The zero-order valence-electron chi connectivity index (χ0n) is 7.26. The molecule has 0 saturated heterocycles. The van der Waals surface area contributed by atoms with Crippen molar-refractivity contribution in [2.24, 2.45) is 17.6 Å². The SMILES string of the molecule is N[C@@H]1CCC[C@H]2CCCC[C@H]21. The van der Waals surface area contributed by atoms with E-state index in [0.29, 0.717) is 6.04 Å². The molecule has 2 aliphatic rings. The Balaban J connectivity index is 1.99. The molecule has 0 spiro atoms. The summed E-state index contributed by atoms with van der Waals surface area (Å²) in [6.45, 7) is 0. The standard InChI is InChI=1S/C10H19N/c11-10-7-3-5-8-4-1-2-6-9(8)10/h8-10H,1-7,11H2/t8-,9-,10-/m1/s1. The summed E-state index contributed by atoms with van der Waals surface area (Å²) in [5, 5.41) is 0. The molecule has 2 rings (SSSR count). The second kappa shape index (κ2) is 3.14. The summed E-state index contributed by atoms with van der Waals surface area (Å²) < 4.78 is 0. The topological polar surface area (TPSA) is 26.0 Å². The molecule has 2 aliphatic carbocycles. The normalized spacial score (nSPS) is 45.0. The molecule has 0 aromatic heterocycles. The van der Waals surface area contributed by atoms with Crippen LogP contribution in [0.4, 0.5) is 0 Å². The first-order valence-electron chi connectivity index (χ1n) is 5.13. The van der Waals surface area contributed by atoms with Crippen LogP contribution >= 0.6 is 0 Å². The van der Waals surface area contributed by atoms with Crippen molar-refractivity contribution < 1.29 is 0 Å². The molecule has 1 nitrogen and oxygen atoms in total. The highest BCUT2D eigenvalue weighted by Crippen LogP contribution is 2.39. The Kier molecular flexibility index (Phi) is 2.17. The summed E-state index contributed by atoms with van der Waals surface area (Å²) in [5.74, 6) is 1.91. The van der Waals surface area contributed by atoms with E-state index in [1.54, 1.807) is 0 Å². The van der Waals surface area contributed by atoms with Gasteiger partial charge < -0.3 is 5.73 Å². The molecule has 0 aromatic rings. The maximum absolute atomic E-state index is 6.09. The zero-order chi connectivity index (χ0) is 7.68. The number of hydrogen-bond donors (Lipinski definition) is 1. The molecule has 0 amide bonds.